The van der Waals surface area contributed by atoms with Crippen molar-refractivity contribution in [3.8, 4) is 0 Å². The average molecular weight is 348 g/mol. The van der Waals surface area contributed by atoms with E-state index in [2.05, 4.69) is 77.0 Å². The summed E-state index contributed by atoms with van der Waals surface area (Å²) in [5.74, 6) is 0. The Labute approximate surface area is 152 Å². The van der Waals surface area contributed by atoms with Crippen LogP contribution in [0.15, 0.2) is 79.1 Å². The minimum Gasteiger partial charge on any atom is -0.226 e. The third kappa shape index (κ3) is 3.45. The maximum absolute atomic E-state index is 6.14. The van der Waals surface area contributed by atoms with Crippen LogP contribution in [0.3, 0.4) is 0 Å². The fraction of sp³-hybridized carbons (Fsp3) is 0.136. The molecule has 25 heavy (non-hydrogen) atoms. The number of halogens is 1. The minimum atomic E-state index is 0.779. The van der Waals surface area contributed by atoms with Crippen LogP contribution in [0.5, 0.6) is 0 Å². The van der Waals surface area contributed by atoms with Gasteiger partial charge in [0.25, 0.3) is 0 Å². The van der Waals surface area contributed by atoms with Gasteiger partial charge in [-0.25, -0.2) is 9.13 Å². The van der Waals surface area contributed by atoms with Gasteiger partial charge in [-0.1, -0.05) is 65.7 Å². The van der Waals surface area contributed by atoms with Crippen LogP contribution >= 0.6 is 11.6 Å². The van der Waals surface area contributed by atoms with E-state index in [9.17, 15) is 0 Å². The van der Waals surface area contributed by atoms with E-state index in [-0.39, 0.29) is 0 Å². The lowest BCUT2D eigenvalue weighted by Crippen LogP contribution is -2.32. The van der Waals surface area contributed by atoms with E-state index >= 15 is 0 Å². The summed E-state index contributed by atoms with van der Waals surface area (Å²) in [4.78, 5) is 0. The molecule has 0 unspecified atom stereocenters. The smallest absolute Gasteiger partial charge is 0.226 e. The van der Waals surface area contributed by atoms with Crippen molar-refractivity contribution in [2.45, 2.75) is 20.0 Å². The number of aromatic nitrogens is 2. The van der Waals surface area contributed by atoms with Gasteiger partial charge in [0.15, 0.2) is 11.0 Å². The second kappa shape index (κ2) is 6.73. The Morgan fingerprint density at radius 3 is 2.48 bits per heavy atom. The number of fused-ring (bicyclic) bond motifs is 1. The Kier molecular flexibility index (Phi) is 4.29. The van der Waals surface area contributed by atoms with Gasteiger partial charge in [0.2, 0.25) is 6.33 Å². The Morgan fingerprint density at radius 2 is 1.68 bits per heavy atom. The second-order valence-corrected chi connectivity index (χ2v) is 6.91. The summed E-state index contributed by atoms with van der Waals surface area (Å²) in [5, 5.41) is 0.779. The zero-order valence-electron chi connectivity index (χ0n) is 14.2. The van der Waals surface area contributed by atoms with Crippen LogP contribution in [0.2, 0.25) is 5.02 Å². The first-order valence-corrected chi connectivity index (χ1v) is 8.84. The Morgan fingerprint density at radius 1 is 0.880 bits per heavy atom. The fourth-order valence-corrected chi connectivity index (χ4v) is 3.43. The average Bonchev–Trinajstić information content (AvgIpc) is 2.95. The quantitative estimate of drug-likeness (QED) is 0.460. The van der Waals surface area contributed by atoms with Crippen molar-refractivity contribution in [3.05, 3.63) is 101 Å². The molecule has 1 heterocycles. The van der Waals surface area contributed by atoms with Crippen LogP contribution in [0.4, 0.5) is 0 Å². The highest BCUT2D eigenvalue weighted by Gasteiger charge is 2.15. The van der Waals surface area contributed by atoms with Crippen molar-refractivity contribution in [1.82, 2.24) is 4.57 Å². The molecule has 0 spiro atoms. The van der Waals surface area contributed by atoms with Gasteiger partial charge in [-0.15, -0.1) is 0 Å². The number of hydrogen-bond donors (Lipinski definition) is 0. The molecular formula is C22H20ClN2+. The van der Waals surface area contributed by atoms with Crippen molar-refractivity contribution < 1.29 is 4.57 Å². The molecule has 0 aliphatic carbocycles. The minimum absolute atomic E-state index is 0.779. The lowest BCUT2D eigenvalue weighted by molar-refractivity contribution is -0.663. The summed E-state index contributed by atoms with van der Waals surface area (Å²) in [6, 6.07) is 25.3. The zero-order chi connectivity index (χ0) is 17.2. The number of rotatable bonds is 4. The molecule has 0 N–H and O–H groups in total. The number of benzene rings is 3. The first-order chi connectivity index (χ1) is 12.2. The highest BCUT2D eigenvalue weighted by Crippen LogP contribution is 2.16. The van der Waals surface area contributed by atoms with Crippen molar-refractivity contribution in [2.24, 2.45) is 0 Å². The van der Waals surface area contributed by atoms with Gasteiger partial charge >= 0.3 is 0 Å². The van der Waals surface area contributed by atoms with E-state index < -0.39 is 0 Å². The van der Waals surface area contributed by atoms with Gasteiger partial charge in [0.05, 0.1) is 0 Å². The lowest BCUT2D eigenvalue weighted by atomic mass is 10.1. The second-order valence-electron chi connectivity index (χ2n) is 6.48. The number of aryl methyl sites for hydroxylation is 1. The van der Waals surface area contributed by atoms with E-state index in [1.807, 2.05) is 18.2 Å². The monoisotopic (exact) mass is 347 g/mol. The van der Waals surface area contributed by atoms with Gasteiger partial charge in [-0.2, -0.15) is 0 Å². The van der Waals surface area contributed by atoms with Crippen LogP contribution in [-0.4, -0.2) is 4.57 Å². The summed E-state index contributed by atoms with van der Waals surface area (Å²) < 4.78 is 4.60. The molecule has 3 heteroatoms. The van der Waals surface area contributed by atoms with Crippen molar-refractivity contribution in [1.29, 1.82) is 0 Å². The maximum atomic E-state index is 6.14. The van der Waals surface area contributed by atoms with E-state index in [4.69, 9.17) is 11.6 Å². The van der Waals surface area contributed by atoms with Crippen LogP contribution in [0, 0.1) is 6.92 Å². The molecule has 0 atom stereocenters. The number of hydrogen-bond acceptors (Lipinski definition) is 0. The summed E-state index contributed by atoms with van der Waals surface area (Å²) >= 11 is 6.14. The highest BCUT2D eigenvalue weighted by molar-refractivity contribution is 6.30. The summed E-state index contributed by atoms with van der Waals surface area (Å²) in [5.41, 5.74) is 6.27. The highest BCUT2D eigenvalue weighted by atomic mass is 35.5. The molecule has 3 aromatic carbocycles. The number of imidazole rings is 1. The van der Waals surface area contributed by atoms with Crippen molar-refractivity contribution in [2.75, 3.05) is 0 Å². The van der Waals surface area contributed by atoms with Crippen molar-refractivity contribution >= 4 is 22.6 Å². The van der Waals surface area contributed by atoms with E-state index in [1.54, 1.807) is 0 Å². The molecule has 0 bridgehead atoms. The van der Waals surface area contributed by atoms with E-state index in [1.165, 1.54) is 27.7 Å². The van der Waals surface area contributed by atoms with Gasteiger partial charge in [-0.05, 0) is 42.3 Å². The molecule has 0 aliphatic rings. The summed E-state index contributed by atoms with van der Waals surface area (Å²) in [6.07, 6.45) is 2.20. The predicted molar refractivity (Wildman–Crippen MR) is 103 cm³/mol. The Balaban J connectivity index is 1.72. The molecule has 0 saturated heterocycles. The molecule has 0 amide bonds. The predicted octanol–water partition coefficient (Wildman–Crippen LogP) is 4.99. The molecule has 0 fully saturated rings. The normalized spacial score (nSPS) is 11.1. The summed E-state index contributed by atoms with van der Waals surface area (Å²) in [7, 11) is 0. The van der Waals surface area contributed by atoms with Crippen LogP contribution in [0.1, 0.15) is 16.7 Å². The van der Waals surface area contributed by atoms with Crippen LogP contribution < -0.4 is 4.57 Å². The number of nitrogens with zero attached hydrogens (tertiary/aromatic N) is 2. The van der Waals surface area contributed by atoms with Gasteiger partial charge in [0.1, 0.15) is 13.1 Å². The third-order valence-corrected chi connectivity index (χ3v) is 4.73. The lowest BCUT2D eigenvalue weighted by Gasteiger charge is -2.00. The molecule has 124 valence electrons. The number of para-hydroxylation sites is 2. The van der Waals surface area contributed by atoms with Gasteiger partial charge in [-0.3, -0.25) is 0 Å². The molecule has 0 aliphatic heterocycles. The topological polar surface area (TPSA) is 8.81 Å². The van der Waals surface area contributed by atoms with Gasteiger partial charge < -0.3 is 0 Å². The maximum Gasteiger partial charge on any atom is 0.245 e. The van der Waals surface area contributed by atoms with Crippen molar-refractivity contribution in [3.63, 3.8) is 0 Å². The molecule has 4 aromatic rings. The first kappa shape index (κ1) is 15.9. The largest absolute Gasteiger partial charge is 0.245 e. The zero-order valence-corrected chi connectivity index (χ0v) is 14.9. The van der Waals surface area contributed by atoms with E-state index in [0.29, 0.717) is 0 Å². The van der Waals surface area contributed by atoms with Crippen LogP contribution in [-0.2, 0) is 13.1 Å². The Hall–Kier alpha value is -2.58. The van der Waals surface area contributed by atoms with Crippen LogP contribution in [0.25, 0.3) is 11.0 Å². The molecule has 0 saturated carbocycles. The molecule has 1 aromatic heterocycles. The first-order valence-electron chi connectivity index (χ1n) is 8.46. The standard InChI is InChI=1S/C22H20ClN2/c1-17-9-11-18(12-10-17)14-24-16-25(22-8-3-2-7-21(22)24)15-19-5-4-6-20(23)13-19/h2-13,16H,14-15H2,1H3/q+1. The molecule has 4 rings (SSSR count). The SMILES string of the molecule is Cc1ccc(Cn2c[n+](Cc3cccc(Cl)c3)c3ccccc32)cc1. The molecule has 0 radical (unpaired) electrons. The molecule has 2 nitrogen and oxygen atoms in total. The third-order valence-electron chi connectivity index (χ3n) is 4.49. The molecular weight excluding hydrogens is 328 g/mol. The summed E-state index contributed by atoms with van der Waals surface area (Å²) in [6.45, 7) is 3.79. The fourth-order valence-electron chi connectivity index (χ4n) is 3.22. The van der Waals surface area contributed by atoms with E-state index in [0.717, 1.165) is 18.1 Å². The Bertz CT molecular complexity index is 1020. The van der Waals surface area contributed by atoms with Gasteiger partial charge in [0, 0.05) is 5.02 Å².